The van der Waals surface area contributed by atoms with Crippen LogP contribution in [0.3, 0.4) is 0 Å². The third-order valence-electron chi connectivity index (χ3n) is 5.50. The summed E-state index contributed by atoms with van der Waals surface area (Å²) >= 11 is 0. The van der Waals surface area contributed by atoms with E-state index in [0.717, 1.165) is 22.4 Å². The smallest absolute Gasteiger partial charge is 0.319 e. The molecule has 0 aromatic heterocycles. The van der Waals surface area contributed by atoms with Crippen LogP contribution in [0.2, 0.25) is 0 Å². The Kier molecular flexibility index (Phi) is 5.54. The average Bonchev–Trinajstić information content (AvgIpc) is 3.03. The maximum Gasteiger partial charge on any atom is 0.319 e. The highest BCUT2D eigenvalue weighted by Crippen LogP contribution is 2.31. The summed E-state index contributed by atoms with van der Waals surface area (Å²) in [5.41, 5.74) is 4.19. The molecule has 0 saturated heterocycles. The van der Waals surface area contributed by atoms with E-state index in [1.807, 2.05) is 62.4 Å². The molecule has 6 heteroatoms. The second-order valence-corrected chi connectivity index (χ2v) is 7.55. The van der Waals surface area contributed by atoms with Crippen LogP contribution in [-0.2, 0) is 0 Å². The van der Waals surface area contributed by atoms with Gasteiger partial charge in [-0.15, -0.1) is 0 Å². The zero-order valence-electron chi connectivity index (χ0n) is 17.4. The number of fused-ring (bicyclic) bond motifs is 1. The lowest BCUT2D eigenvalue weighted by molar-refractivity contribution is 0.0582. The monoisotopic (exact) mass is 413 g/mol. The van der Waals surface area contributed by atoms with Crippen molar-refractivity contribution in [3.8, 4) is 0 Å². The minimum atomic E-state index is -0.627. The Morgan fingerprint density at radius 2 is 1.35 bits per heavy atom. The van der Waals surface area contributed by atoms with Crippen molar-refractivity contribution in [1.29, 1.82) is 0 Å². The van der Waals surface area contributed by atoms with Gasteiger partial charge in [0.2, 0.25) is 0 Å². The number of benzene rings is 3. The molecule has 156 valence electrons. The Hall–Kier alpha value is -3.93. The summed E-state index contributed by atoms with van der Waals surface area (Å²) in [4.78, 5) is 39.9. The van der Waals surface area contributed by atoms with Crippen LogP contribution in [-0.4, -0.2) is 29.3 Å². The number of hydrogen-bond donors (Lipinski definition) is 2. The molecule has 1 heterocycles. The number of imide groups is 1. The summed E-state index contributed by atoms with van der Waals surface area (Å²) in [6.07, 6.45) is 0. The molecule has 31 heavy (non-hydrogen) atoms. The minimum Gasteiger partial charge on any atom is -0.335 e. The van der Waals surface area contributed by atoms with Crippen LogP contribution in [0.4, 0.5) is 10.5 Å². The Labute approximate surface area is 180 Å². The first-order valence-corrected chi connectivity index (χ1v) is 10.1. The molecule has 0 spiro atoms. The van der Waals surface area contributed by atoms with Crippen molar-refractivity contribution in [1.82, 2.24) is 10.2 Å². The van der Waals surface area contributed by atoms with E-state index in [1.165, 1.54) is 4.90 Å². The molecule has 1 aliphatic rings. The molecule has 3 aromatic carbocycles. The van der Waals surface area contributed by atoms with Crippen molar-refractivity contribution in [2.75, 3.05) is 11.9 Å². The van der Waals surface area contributed by atoms with E-state index < -0.39 is 12.1 Å². The van der Waals surface area contributed by atoms with Crippen LogP contribution in [0.25, 0.3) is 0 Å². The van der Waals surface area contributed by atoms with E-state index in [4.69, 9.17) is 0 Å². The quantitative estimate of drug-likeness (QED) is 0.606. The summed E-state index contributed by atoms with van der Waals surface area (Å²) in [6, 6.07) is 20.8. The summed E-state index contributed by atoms with van der Waals surface area (Å²) in [5.74, 6) is -0.710. The van der Waals surface area contributed by atoms with Gasteiger partial charge in [0.25, 0.3) is 11.8 Å². The van der Waals surface area contributed by atoms with Crippen LogP contribution in [0.1, 0.15) is 43.4 Å². The number of nitrogens with zero attached hydrogens (tertiary/aromatic N) is 1. The third-order valence-corrected chi connectivity index (χ3v) is 5.50. The number of amides is 4. The van der Waals surface area contributed by atoms with E-state index in [1.54, 1.807) is 24.3 Å². The minimum absolute atomic E-state index is 0.0895. The molecule has 0 bridgehead atoms. The zero-order valence-corrected chi connectivity index (χ0v) is 17.4. The van der Waals surface area contributed by atoms with Crippen LogP contribution in [0.5, 0.6) is 0 Å². The van der Waals surface area contributed by atoms with Gasteiger partial charge in [0.1, 0.15) is 0 Å². The molecule has 4 amide bonds. The van der Waals surface area contributed by atoms with Crippen molar-refractivity contribution >= 4 is 23.5 Å². The number of carbonyl (C=O) groups is 3. The Bertz CT molecular complexity index is 1100. The molecule has 2 N–H and O–H groups in total. The maximum atomic E-state index is 13.0. The van der Waals surface area contributed by atoms with Crippen LogP contribution >= 0.6 is 0 Å². The zero-order chi connectivity index (χ0) is 22.0. The van der Waals surface area contributed by atoms with Gasteiger partial charge in [-0.05, 0) is 42.7 Å². The van der Waals surface area contributed by atoms with Gasteiger partial charge in [-0.25, -0.2) is 4.79 Å². The van der Waals surface area contributed by atoms with Crippen LogP contribution < -0.4 is 10.6 Å². The van der Waals surface area contributed by atoms with E-state index in [-0.39, 0.29) is 18.4 Å². The molecule has 1 unspecified atom stereocenters. The summed E-state index contributed by atoms with van der Waals surface area (Å²) in [5, 5.41) is 5.71. The molecule has 1 aliphatic heterocycles. The number of hydrogen-bond acceptors (Lipinski definition) is 3. The van der Waals surface area contributed by atoms with Gasteiger partial charge in [0.05, 0.1) is 17.2 Å². The lowest BCUT2D eigenvalue weighted by Gasteiger charge is -2.27. The molecule has 0 aliphatic carbocycles. The largest absolute Gasteiger partial charge is 0.335 e. The van der Waals surface area contributed by atoms with Gasteiger partial charge in [-0.2, -0.15) is 0 Å². The third kappa shape index (κ3) is 3.92. The molecule has 0 saturated carbocycles. The highest BCUT2D eigenvalue weighted by Gasteiger charge is 2.40. The number of nitrogens with one attached hydrogen (secondary N) is 2. The summed E-state index contributed by atoms with van der Waals surface area (Å²) < 4.78 is 0. The number of anilines is 1. The predicted octanol–water partition coefficient (Wildman–Crippen LogP) is 4.46. The van der Waals surface area contributed by atoms with Gasteiger partial charge >= 0.3 is 6.03 Å². The first kappa shape index (κ1) is 20.3. The van der Waals surface area contributed by atoms with E-state index in [2.05, 4.69) is 10.6 Å². The number of aryl methyl sites for hydroxylation is 2. The Balaban J connectivity index is 1.57. The van der Waals surface area contributed by atoms with Crippen molar-refractivity contribution in [2.24, 2.45) is 0 Å². The fourth-order valence-corrected chi connectivity index (χ4v) is 3.88. The molecule has 4 rings (SSSR count). The second kappa shape index (κ2) is 8.44. The number of carbonyl (C=O) groups excluding carboxylic acids is 3. The van der Waals surface area contributed by atoms with Gasteiger partial charge in [-0.3, -0.25) is 14.5 Å². The first-order chi connectivity index (χ1) is 15.0. The lowest BCUT2D eigenvalue weighted by Crippen LogP contribution is -2.42. The number of rotatable bonds is 5. The van der Waals surface area contributed by atoms with E-state index in [9.17, 15) is 14.4 Å². The van der Waals surface area contributed by atoms with Gasteiger partial charge in [-0.1, -0.05) is 60.7 Å². The SMILES string of the molecule is Cc1cccc(C)c1NC(=O)NCC(c1ccccc1)N1C(=O)c2ccccc2C1=O. The fourth-order valence-electron chi connectivity index (χ4n) is 3.88. The normalized spacial score (nSPS) is 13.7. The highest BCUT2D eigenvalue weighted by atomic mass is 16.2. The standard InChI is InChI=1S/C25H23N3O3/c1-16-9-8-10-17(2)22(16)27-25(31)26-15-21(18-11-4-3-5-12-18)28-23(29)19-13-6-7-14-20(19)24(28)30/h3-14,21H,15H2,1-2H3,(H2,26,27,31). The van der Waals surface area contributed by atoms with Crippen molar-refractivity contribution in [3.63, 3.8) is 0 Å². The summed E-state index contributed by atoms with van der Waals surface area (Å²) in [7, 11) is 0. The Morgan fingerprint density at radius 3 is 1.94 bits per heavy atom. The van der Waals surface area contributed by atoms with Gasteiger partial charge in [0.15, 0.2) is 0 Å². The van der Waals surface area contributed by atoms with Crippen LogP contribution in [0.15, 0.2) is 72.8 Å². The average molecular weight is 413 g/mol. The highest BCUT2D eigenvalue weighted by molar-refractivity contribution is 6.21. The molecule has 0 radical (unpaired) electrons. The van der Waals surface area contributed by atoms with E-state index in [0.29, 0.717) is 11.1 Å². The molecular formula is C25H23N3O3. The second-order valence-electron chi connectivity index (χ2n) is 7.55. The predicted molar refractivity (Wildman–Crippen MR) is 119 cm³/mol. The molecule has 3 aromatic rings. The first-order valence-electron chi connectivity index (χ1n) is 10.1. The topological polar surface area (TPSA) is 78.5 Å². The molecule has 6 nitrogen and oxygen atoms in total. The van der Waals surface area contributed by atoms with Gasteiger partial charge < -0.3 is 10.6 Å². The van der Waals surface area contributed by atoms with Crippen LogP contribution in [0, 0.1) is 13.8 Å². The molecule has 0 fully saturated rings. The maximum absolute atomic E-state index is 13.0. The number of para-hydroxylation sites is 1. The van der Waals surface area contributed by atoms with E-state index >= 15 is 0 Å². The van der Waals surface area contributed by atoms with Crippen molar-refractivity contribution < 1.29 is 14.4 Å². The van der Waals surface area contributed by atoms with Gasteiger partial charge in [0, 0.05) is 12.2 Å². The summed E-state index contributed by atoms with van der Waals surface area (Å²) in [6.45, 7) is 3.94. The van der Waals surface area contributed by atoms with Crippen molar-refractivity contribution in [2.45, 2.75) is 19.9 Å². The number of urea groups is 1. The fraction of sp³-hybridized carbons (Fsp3) is 0.160. The molecular weight excluding hydrogens is 390 g/mol. The Morgan fingerprint density at radius 1 is 0.806 bits per heavy atom. The lowest BCUT2D eigenvalue weighted by atomic mass is 10.1. The van der Waals surface area contributed by atoms with Crippen molar-refractivity contribution in [3.05, 3.63) is 101 Å². The molecule has 1 atom stereocenters.